The fraction of sp³-hybridized carbons (Fsp3) is 0.333. The zero-order valence-electron chi connectivity index (χ0n) is 19.2. The minimum atomic E-state index is -0.363. The summed E-state index contributed by atoms with van der Waals surface area (Å²) in [5.41, 5.74) is 1.99. The zero-order chi connectivity index (χ0) is 24.0. The van der Waals surface area contributed by atoms with Gasteiger partial charge in [-0.15, -0.1) is 0 Å². The Bertz CT molecular complexity index is 1220. The van der Waals surface area contributed by atoms with E-state index in [1.165, 1.54) is 18.9 Å². The molecule has 0 spiro atoms. The van der Waals surface area contributed by atoms with Gasteiger partial charge in [0.05, 0.1) is 36.0 Å². The second-order valence-corrected chi connectivity index (χ2v) is 8.60. The van der Waals surface area contributed by atoms with Crippen molar-refractivity contribution in [1.82, 2.24) is 14.9 Å². The van der Waals surface area contributed by atoms with E-state index in [0.717, 1.165) is 12.0 Å². The fourth-order valence-corrected chi connectivity index (χ4v) is 4.20. The molecule has 0 aliphatic carbocycles. The molecule has 2 N–H and O–H groups in total. The van der Waals surface area contributed by atoms with Crippen molar-refractivity contribution in [1.29, 1.82) is 0 Å². The van der Waals surface area contributed by atoms with Gasteiger partial charge in [0.2, 0.25) is 11.8 Å². The zero-order valence-corrected chi connectivity index (χ0v) is 20.0. The van der Waals surface area contributed by atoms with Crippen molar-refractivity contribution in [3.63, 3.8) is 0 Å². The van der Waals surface area contributed by atoms with Crippen LogP contribution in [-0.2, 0) is 9.59 Å². The lowest BCUT2D eigenvalue weighted by Gasteiger charge is -2.18. The number of nitrogens with one attached hydrogen (secondary N) is 2. The maximum absolute atomic E-state index is 13.0. The molecule has 0 aliphatic heterocycles. The first kappa shape index (κ1) is 24.3. The van der Waals surface area contributed by atoms with E-state index < -0.39 is 0 Å². The van der Waals surface area contributed by atoms with Gasteiger partial charge in [-0.1, -0.05) is 36.9 Å². The van der Waals surface area contributed by atoms with E-state index in [0.29, 0.717) is 27.5 Å². The number of hydrogen-bond donors (Lipinski definition) is 2. The molecule has 0 aliphatic rings. The first-order valence-electron chi connectivity index (χ1n) is 10.7. The summed E-state index contributed by atoms with van der Waals surface area (Å²) in [4.78, 5) is 42.3. The number of aromatic nitrogens is 2. The first-order valence-corrected chi connectivity index (χ1v) is 11.7. The number of methoxy groups -OCH3 is 1. The number of anilines is 1. The molecule has 3 rings (SSSR count). The molecule has 1 heterocycles. The lowest BCUT2D eigenvalue weighted by molar-refractivity contribution is -0.122. The molecule has 1 aromatic heterocycles. The number of benzene rings is 2. The molecule has 33 heavy (non-hydrogen) atoms. The van der Waals surface area contributed by atoms with Crippen molar-refractivity contribution in [3.05, 3.63) is 58.4 Å². The maximum Gasteiger partial charge on any atom is 0.262 e. The molecule has 0 radical (unpaired) electrons. The van der Waals surface area contributed by atoms with Crippen molar-refractivity contribution in [2.75, 3.05) is 24.7 Å². The smallest absolute Gasteiger partial charge is 0.262 e. The Balaban J connectivity index is 1.65. The van der Waals surface area contributed by atoms with Crippen LogP contribution in [0.15, 0.2) is 52.4 Å². The number of rotatable bonds is 9. The van der Waals surface area contributed by atoms with Crippen LogP contribution < -0.4 is 20.9 Å². The summed E-state index contributed by atoms with van der Waals surface area (Å²) in [6.07, 6.45) is 0.752. The highest BCUT2D eigenvalue weighted by Gasteiger charge is 2.17. The van der Waals surface area contributed by atoms with Crippen LogP contribution in [0.4, 0.5) is 5.69 Å². The van der Waals surface area contributed by atoms with Crippen LogP contribution in [0, 0.1) is 6.92 Å². The number of para-hydroxylation sites is 1. The SMILES string of the molecule is CC[C@@H](C)n1c(SCC(=O)NCC(=O)Nc2cc(C)ccc2OC)nc2ccccc2c1=O. The number of carbonyl (C=O) groups excluding carboxylic acids is 2. The third-order valence-corrected chi connectivity index (χ3v) is 6.17. The average molecular weight is 469 g/mol. The lowest BCUT2D eigenvalue weighted by atomic mass is 10.2. The molecule has 3 aromatic rings. The summed E-state index contributed by atoms with van der Waals surface area (Å²) in [7, 11) is 1.53. The molecule has 0 fully saturated rings. The van der Waals surface area contributed by atoms with Crippen LogP contribution in [0.3, 0.4) is 0 Å². The average Bonchev–Trinajstić information content (AvgIpc) is 2.81. The van der Waals surface area contributed by atoms with Crippen LogP contribution in [-0.4, -0.2) is 40.8 Å². The van der Waals surface area contributed by atoms with E-state index in [-0.39, 0.29) is 35.7 Å². The Hall–Kier alpha value is -3.33. The quantitative estimate of drug-likeness (QED) is 0.368. The second-order valence-electron chi connectivity index (χ2n) is 7.66. The largest absolute Gasteiger partial charge is 0.495 e. The number of carbonyl (C=O) groups is 2. The molecule has 0 saturated heterocycles. The van der Waals surface area contributed by atoms with Crippen LogP contribution >= 0.6 is 11.8 Å². The van der Waals surface area contributed by atoms with Crippen LogP contribution in [0.5, 0.6) is 5.75 Å². The molecule has 1 atom stereocenters. The van der Waals surface area contributed by atoms with Gasteiger partial charge in [-0.2, -0.15) is 0 Å². The minimum absolute atomic E-state index is 0.0300. The van der Waals surface area contributed by atoms with E-state index in [9.17, 15) is 14.4 Å². The Morgan fingerprint density at radius 3 is 2.67 bits per heavy atom. The van der Waals surface area contributed by atoms with Crippen LogP contribution in [0.1, 0.15) is 31.9 Å². The second kappa shape index (κ2) is 11.0. The summed E-state index contributed by atoms with van der Waals surface area (Å²) in [6.45, 7) is 5.68. The van der Waals surface area contributed by atoms with E-state index in [4.69, 9.17) is 4.74 Å². The Morgan fingerprint density at radius 2 is 1.94 bits per heavy atom. The van der Waals surface area contributed by atoms with E-state index >= 15 is 0 Å². The predicted octanol–water partition coefficient (Wildman–Crippen LogP) is 3.53. The van der Waals surface area contributed by atoms with Gasteiger partial charge in [-0.25, -0.2) is 4.98 Å². The summed E-state index contributed by atoms with van der Waals surface area (Å²) < 4.78 is 6.89. The van der Waals surface area contributed by atoms with Gasteiger partial charge >= 0.3 is 0 Å². The van der Waals surface area contributed by atoms with E-state index in [1.807, 2.05) is 39.0 Å². The topological polar surface area (TPSA) is 102 Å². The van der Waals surface area contributed by atoms with Gasteiger partial charge in [-0.05, 0) is 50.1 Å². The van der Waals surface area contributed by atoms with Gasteiger partial charge in [-0.3, -0.25) is 19.0 Å². The number of aryl methyl sites for hydroxylation is 1. The normalized spacial score (nSPS) is 11.8. The molecule has 9 heteroatoms. The molecule has 8 nitrogen and oxygen atoms in total. The standard InChI is InChI=1S/C24H28N4O4S/c1-5-16(3)28-23(31)17-8-6-7-9-18(17)27-24(28)33-14-22(30)25-13-21(29)26-19-12-15(2)10-11-20(19)32-4/h6-12,16H,5,13-14H2,1-4H3,(H,25,30)(H,26,29)/t16-/m1/s1. The van der Waals surface area contributed by atoms with Gasteiger partial charge in [0.15, 0.2) is 5.16 Å². The van der Waals surface area contributed by atoms with Crippen molar-refractivity contribution < 1.29 is 14.3 Å². The molecule has 2 amide bonds. The van der Waals surface area contributed by atoms with Crippen molar-refractivity contribution >= 4 is 40.2 Å². The lowest BCUT2D eigenvalue weighted by Crippen LogP contribution is -2.34. The molecule has 2 aromatic carbocycles. The number of ether oxygens (including phenoxy) is 1. The number of thioether (sulfide) groups is 1. The highest BCUT2D eigenvalue weighted by atomic mass is 32.2. The number of nitrogens with zero attached hydrogens (tertiary/aromatic N) is 2. The number of hydrogen-bond acceptors (Lipinski definition) is 6. The van der Waals surface area contributed by atoms with Gasteiger partial charge in [0, 0.05) is 6.04 Å². The van der Waals surface area contributed by atoms with Crippen LogP contribution in [0.25, 0.3) is 10.9 Å². The molecular weight excluding hydrogens is 440 g/mol. The molecule has 0 saturated carbocycles. The summed E-state index contributed by atoms with van der Waals surface area (Å²) in [5, 5.41) is 6.39. The molecule has 0 unspecified atom stereocenters. The van der Waals surface area contributed by atoms with Gasteiger partial charge < -0.3 is 15.4 Å². The Labute approximate surface area is 196 Å². The first-order chi connectivity index (χ1) is 15.8. The summed E-state index contributed by atoms with van der Waals surface area (Å²) in [5.74, 6) is -0.120. The number of fused-ring (bicyclic) bond motifs is 1. The third-order valence-electron chi connectivity index (χ3n) is 5.21. The highest BCUT2D eigenvalue weighted by molar-refractivity contribution is 7.99. The van der Waals surface area contributed by atoms with Crippen molar-refractivity contribution in [2.24, 2.45) is 0 Å². The van der Waals surface area contributed by atoms with E-state index in [1.54, 1.807) is 28.8 Å². The van der Waals surface area contributed by atoms with E-state index in [2.05, 4.69) is 15.6 Å². The van der Waals surface area contributed by atoms with Gasteiger partial charge in [0.25, 0.3) is 5.56 Å². The predicted molar refractivity (Wildman–Crippen MR) is 131 cm³/mol. The maximum atomic E-state index is 13.0. The number of amides is 2. The van der Waals surface area contributed by atoms with Crippen LogP contribution in [0.2, 0.25) is 0 Å². The highest BCUT2D eigenvalue weighted by Crippen LogP contribution is 2.25. The Morgan fingerprint density at radius 1 is 1.18 bits per heavy atom. The van der Waals surface area contributed by atoms with Crippen molar-refractivity contribution in [2.45, 2.75) is 38.4 Å². The summed E-state index contributed by atoms with van der Waals surface area (Å²) >= 11 is 1.18. The van der Waals surface area contributed by atoms with Gasteiger partial charge in [0.1, 0.15) is 5.75 Å². The van der Waals surface area contributed by atoms with Crippen molar-refractivity contribution in [3.8, 4) is 5.75 Å². The molecule has 0 bridgehead atoms. The third kappa shape index (κ3) is 5.92. The monoisotopic (exact) mass is 468 g/mol. The molecule has 174 valence electrons. The Kier molecular flexibility index (Phi) is 8.11. The summed E-state index contributed by atoms with van der Waals surface area (Å²) in [6, 6.07) is 12.6. The minimum Gasteiger partial charge on any atom is -0.495 e. The fourth-order valence-electron chi connectivity index (χ4n) is 3.27. The molecular formula is C24H28N4O4S.